The number of hydrogen-bond donors (Lipinski definition) is 2. The van der Waals surface area contributed by atoms with E-state index in [0.717, 1.165) is 22.5 Å². The lowest BCUT2D eigenvalue weighted by molar-refractivity contribution is 0.872. The lowest BCUT2D eigenvalue weighted by Gasteiger charge is -2.15. The summed E-state index contributed by atoms with van der Waals surface area (Å²) >= 11 is 0. The van der Waals surface area contributed by atoms with Gasteiger partial charge in [-0.15, -0.1) is 0 Å². The third-order valence-corrected chi connectivity index (χ3v) is 3.21. The van der Waals surface area contributed by atoms with Crippen molar-refractivity contribution in [3.05, 3.63) is 78.1 Å². The molecule has 1 unspecified atom stereocenters. The van der Waals surface area contributed by atoms with E-state index in [4.69, 9.17) is 5.73 Å². The van der Waals surface area contributed by atoms with E-state index in [0.29, 0.717) is 0 Å². The van der Waals surface area contributed by atoms with Crippen LogP contribution in [0.1, 0.15) is 17.2 Å². The van der Waals surface area contributed by atoms with Gasteiger partial charge in [-0.05, 0) is 11.1 Å². The van der Waals surface area contributed by atoms with Gasteiger partial charge in [-0.3, -0.25) is 0 Å². The van der Waals surface area contributed by atoms with Gasteiger partial charge in [0, 0.05) is 18.0 Å². The second-order valence-electron chi connectivity index (χ2n) is 4.41. The summed E-state index contributed by atoms with van der Waals surface area (Å²) in [5, 5.41) is 0. The van der Waals surface area contributed by atoms with E-state index in [2.05, 4.69) is 16.0 Å². The Balaban J connectivity index is 2.06. The standard InChI is InChI=1S/C16H15N3/c17-15(12-6-2-1-3-7-12)13-8-4-5-9-14(13)16-18-10-11-19-16/h1-11,15H,17H2,(H,18,19). The van der Waals surface area contributed by atoms with Crippen LogP contribution >= 0.6 is 0 Å². The molecule has 0 aliphatic heterocycles. The van der Waals surface area contributed by atoms with Crippen LogP contribution in [0.15, 0.2) is 67.0 Å². The van der Waals surface area contributed by atoms with E-state index < -0.39 is 0 Å². The molecular weight excluding hydrogens is 234 g/mol. The first-order chi connectivity index (χ1) is 9.36. The Labute approximate surface area is 112 Å². The van der Waals surface area contributed by atoms with Gasteiger partial charge in [-0.25, -0.2) is 4.98 Å². The summed E-state index contributed by atoms with van der Waals surface area (Å²) in [4.78, 5) is 7.45. The van der Waals surface area contributed by atoms with Crippen molar-refractivity contribution in [3.63, 3.8) is 0 Å². The summed E-state index contributed by atoms with van der Waals surface area (Å²) in [6.45, 7) is 0. The van der Waals surface area contributed by atoms with Gasteiger partial charge in [-0.2, -0.15) is 0 Å². The summed E-state index contributed by atoms with van der Waals surface area (Å²) in [7, 11) is 0. The van der Waals surface area contributed by atoms with Crippen LogP contribution < -0.4 is 5.73 Å². The Morgan fingerprint density at radius 2 is 1.68 bits per heavy atom. The molecule has 0 fully saturated rings. The number of hydrogen-bond acceptors (Lipinski definition) is 2. The normalized spacial score (nSPS) is 12.3. The van der Waals surface area contributed by atoms with E-state index >= 15 is 0 Å². The molecule has 0 aliphatic carbocycles. The van der Waals surface area contributed by atoms with Crippen LogP contribution in [0.25, 0.3) is 11.4 Å². The molecule has 0 radical (unpaired) electrons. The summed E-state index contributed by atoms with van der Waals surface area (Å²) in [6, 6.07) is 18.0. The number of rotatable bonds is 3. The average Bonchev–Trinajstić information content (AvgIpc) is 3.01. The fourth-order valence-corrected chi connectivity index (χ4v) is 2.24. The van der Waals surface area contributed by atoms with E-state index in [1.54, 1.807) is 6.20 Å². The second kappa shape index (κ2) is 5.08. The maximum absolute atomic E-state index is 6.38. The number of H-pyrrole nitrogens is 1. The number of aromatic amines is 1. The van der Waals surface area contributed by atoms with Crippen LogP contribution in [-0.4, -0.2) is 9.97 Å². The zero-order chi connectivity index (χ0) is 13.1. The first-order valence-electron chi connectivity index (χ1n) is 6.25. The lowest BCUT2D eigenvalue weighted by atomic mass is 9.95. The summed E-state index contributed by atoms with van der Waals surface area (Å²) in [5.74, 6) is 0.849. The third-order valence-electron chi connectivity index (χ3n) is 3.21. The molecule has 0 aliphatic rings. The number of nitrogens with one attached hydrogen (secondary N) is 1. The Hall–Kier alpha value is -2.39. The van der Waals surface area contributed by atoms with Crippen molar-refractivity contribution in [1.82, 2.24) is 9.97 Å². The van der Waals surface area contributed by atoms with E-state index in [1.807, 2.05) is 54.7 Å². The number of aromatic nitrogens is 2. The van der Waals surface area contributed by atoms with Gasteiger partial charge in [-0.1, -0.05) is 54.6 Å². The van der Waals surface area contributed by atoms with Crippen LogP contribution in [0.4, 0.5) is 0 Å². The van der Waals surface area contributed by atoms with Crippen molar-refractivity contribution in [2.45, 2.75) is 6.04 Å². The van der Waals surface area contributed by atoms with E-state index in [1.165, 1.54) is 0 Å². The molecule has 3 nitrogen and oxygen atoms in total. The smallest absolute Gasteiger partial charge is 0.137 e. The van der Waals surface area contributed by atoms with Gasteiger partial charge in [0.05, 0.1) is 6.04 Å². The van der Waals surface area contributed by atoms with Crippen molar-refractivity contribution in [3.8, 4) is 11.4 Å². The number of benzene rings is 2. The SMILES string of the molecule is NC(c1ccccc1)c1ccccc1-c1ncc[nH]1. The monoisotopic (exact) mass is 249 g/mol. The van der Waals surface area contributed by atoms with Crippen molar-refractivity contribution in [1.29, 1.82) is 0 Å². The fourth-order valence-electron chi connectivity index (χ4n) is 2.24. The number of nitrogens with two attached hydrogens (primary N) is 1. The fraction of sp³-hybridized carbons (Fsp3) is 0.0625. The maximum atomic E-state index is 6.38. The molecule has 94 valence electrons. The number of nitrogens with zero attached hydrogens (tertiary/aromatic N) is 1. The minimum Gasteiger partial charge on any atom is -0.345 e. The molecule has 19 heavy (non-hydrogen) atoms. The Bertz CT molecular complexity index is 645. The predicted octanol–water partition coefficient (Wildman–Crippen LogP) is 3.12. The minimum absolute atomic E-state index is 0.150. The van der Waals surface area contributed by atoms with Gasteiger partial charge < -0.3 is 10.7 Å². The molecule has 0 amide bonds. The molecule has 1 aromatic heterocycles. The molecule has 0 saturated carbocycles. The van der Waals surface area contributed by atoms with Crippen molar-refractivity contribution in [2.24, 2.45) is 5.73 Å². The molecular formula is C16H15N3. The van der Waals surface area contributed by atoms with Gasteiger partial charge in [0.15, 0.2) is 0 Å². The number of imidazole rings is 1. The molecule has 3 N–H and O–H groups in total. The summed E-state index contributed by atoms with van der Waals surface area (Å²) in [5.41, 5.74) is 9.60. The molecule has 3 rings (SSSR count). The zero-order valence-corrected chi connectivity index (χ0v) is 10.5. The maximum Gasteiger partial charge on any atom is 0.137 e. The predicted molar refractivity (Wildman–Crippen MR) is 76.5 cm³/mol. The van der Waals surface area contributed by atoms with E-state index in [-0.39, 0.29) is 6.04 Å². The van der Waals surface area contributed by atoms with Gasteiger partial charge in [0.1, 0.15) is 5.82 Å². The average molecular weight is 249 g/mol. The van der Waals surface area contributed by atoms with E-state index in [9.17, 15) is 0 Å². The van der Waals surface area contributed by atoms with Crippen LogP contribution in [0.2, 0.25) is 0 Å². The second-order valence-corrected chi connectivity index (χ2v) is 4.41. The van der Waals surface area contributed by atoms with Crippen molar-refractivity contribution < 1.29 is 0 Å². The topological polar surface area (TPSA) is 54.7 Å². The van der Waals surface area contributed by atoms with Gasteiger partial charge in [0.2, 0.25) is 0 Å². The van der Waals surface area contributed by atoms with Crippen LogP contribution in [0.5, 0.6) is 0 Å². The largest absolute Gasteiger partial charge is 0.345 e. The zero-order valence-electron chi connectivity index (χ0n) is 10.5. The van der Waals surface area contributed by atoms with Crippen LogP contribution in [-0.2, 0) is 0 Å². The molecule has 3 aromatic rings. The van der Waals surface area contributed by atoms with Crippen LogP contribution in [0, 0.1) is 0 Å². The molecule has 1 heterocycles. The molecule has 2 aromatic carbocycles. The first kappa shape index (κ1) is 11.7. The molecule has 0 saturated heterocycles. The third kappa shape index (κ3) is 2.28. The Kier molecular flexibility index (Phi) is 3.12. The first-order valence-corrected chi connectivity index (χ1v) is 6.25. The molecule has 0 spiro atoms. The van der Waals surface area contributed by atoms with Crippen molar-refractivity contribution >= 4 is 0 Å². The van der Waals surface area contributed by atoms with Crippen LogP contribution in [0.3, 0.4) is 0 Å². The Morgan fingerprint density at radius 3 is 2.42 bits per heavy atom. The minimum atomic E-state index is -0.150. The molecule has 3 heteroatoms. The highest BCUT2D eigenvalue weighted by atomic mass is 14.9. The highest BCUT2D eigenvalue weighted by Crippen LogP contribution is 2.28. The summed E-state index contributed by atoms with van der Waals surface area (Å²) in [6.07, 6.45) is 3.57. The highest BCUT2D eigenvalue weighted by Gasteiger charge is 2.14. The van der Waals surface area contributed by atoms with Crippen molar-refractivity contribution in [2.75, 3.05) is 0 Å². The molecule has 0 bridgehead atoms. The van der Waals surface area contributed by atoms with Gasteiger partial charge in [0.25, 0.3) is 0 Å². The van der Waals surface area contributed by atoms with Gasteiger partial charge >= 0.3 is 0 Å². The lowest BCUT2D eigenvalue weighted by Crippen LogP contribution is -2.13. The summed E-state index contributed by atoms with van der Waals surface area (Å²) < 4.78 is 0. The quantitative estimate of drug-likeness (QED) is 0.749. The Morgan fingerprint density at radius 1 is 0.947 bits per heavy atom. The highest BCUT2D eigenvalue weighted by molar-refractivity contribution is 5.62. The molecule has 1 atom stereocenters.